The van der Waals surface area contributed by atoms with Crippen molar-refractivity contribution in [1.82, 2.24) is 20.2 Å². The van der Waals surface area contributed by atoms with Crippen molar-refractivity contribution in [3.05, 3.63) is 34.7 Å². The number of likely N-dealkylation sites (tertiary alicyclic amines) is 1. The van der Waals surface area contributed by atoms with E-state index < -0.39 is 0 Å². The summed E-state index contributed by atoms with van der Waals surface area (Å²) in [6.45, 7) is 1.89. The van der Waals surface area contributed by atoms with E-state index in [1.54, 1.807) is 18.5 Å². The minimum absolute atomic E-state index is 0.175. The lowest BCUT2D eigenvalue weighted by Gasteiger charge is -2.15. The normalized spacial score (nSPS) is 20.0. The van der Waals surface area contributed by atoms with Gasteiger partial charge in [0.25, 0.3) is 5.91 Å². The van der Waals surface area contributed by atoms with Crippen LogP contribution in [0.25, 0.3) is 17.1 Å². The van der Waals surface area contributed by atoms with E-state index >= 15 is 0 Å². The molecule has 2 aromatic heterocycles. The Kier molecular flexibility index (Phi) is 3.11. The number of carbonyl (C=O) groups is 1. The smallest absolute Gasteiger partial charge is 0.276 e. The number of nitrogens with one attached hydrogen (secondary N) is 2. The second-order valence-electron chi connectivity index (χ2n) is 5.41. The quantitative estimate of drug-likeness (QED) is 0.792. The topological polar surface area (TPSA) is 73.4 Å². The Hall–Kier alpha value is -2.34. The number of pyridine rings is 1. The molecule has 0 atom stereocenters. The van der Waals surface area contributed by atoms with Gasteiger partial charge in [-0.05, 0) is 25.0 Å². The highest BCUT2D eigenvalue weighted by atomic mass is 35.5. The summed E-state index contributed by atoms with van der Waals surface area (Å²) in [6.07, 6.45) is 7.43. The molecule has 0 aromatic carbocycles. The van der Waals surface area contributed by atoms with Gasteiger partial charge in [0.1, 0.15) is 11.3 Å². The molecule has 0 saturated carbocycles. The standard InChI is InChI=1S/C15H14ClN5O/c16-10-6-11-9(7-17-13(11)18-8-10)5-12-14(22)20-15(19-12)21-3-1-2-4-21/h5-8H,1-4H2,(H,17,18)(H,19,20,22). The van der Waals surface area contributed by atoms with Gasteiger partial charge in [-0.15, -0.1) is 0 Å². The van der Waals surface area contributed by atoms with E-state index in [1.807, 2.05) is 6.07 Å². The van der Waals surface area contributed by atoms with Crippen LogP contribution in [-0.2, 0) is 4.79 Å². The van der Waals surface area contributed by atoms with Gasteiger partial charge in [-0.2, -0.15) is 0 Å². The molecule has 0 bridgehead atoms. The number of fused-ring (bicyclic) bond motifs is 1. The molecule has 2 aromatic rings. The Balaban J connectivity index is 1.71. The van der Waals surface area contributed by atoms with Gasteiger partial charge in [-0.25, -0.2) is 9.98 Å². The Morgan fingerprint density at radius 3 is 2.95 bits per heavy atom. The fraction of sp³-hybridized carbons (Fsp3) is 0.267. The highest BCUT2D eigenvalue weighted by Crippen LogP contribution is 2.23. The average molecular weight is 316 g/mol. The first-order chi connectivity index (χ1) is 10.7. The minimum atomic E-state index is -0.175. The predicted octanol–water partition coefficient (Wildman–Crippen LogP) is 2.14. The summed E-state index contributed by atoms with van der Waals surface area (Å²) in [5.74, 6) is 0.482. The van der Waals surface area contributed by atoms with E-state index in [9.17, 15) is 4.79 Å². The Morgan fingerprint density at radius 1 is 1.32 bits per heavy atom. The van der Waals surface area contributed by atoms with Crippen LogP contribution < -0.4 is 5.32 Å². The molecule has 0 aliphatic carbocycles. The Morgan fingerprint density at radius 2 is 2.14 bits per heavy atom. The zero-order chi connectivity index (χ0) is 15.1. The molecule has 7 heteroatoms. The summed E-state index contributed by atoms with van der Waals surface area (Å²) in [5, 5.41) is 4.27. The van der Waals surface area contributed by atoms with Gasteiger partial charge in [-0.1, -0.05) is 11.6 Å². The van der Waals surface area contributed by atoms with Crippen LogP contribution in [0.2, 0.25) is 5.02 Å². The van der Waals surface area contributed by atoms with Crippen molar-refractivity contribution in [2.45, 2.75) is 12.8 Å². The molecular formula is C15H14ClN5O. The van der Waals surface area contributed by atoms with Gasteiger partial charge in [0.2, 0.25) is 5.96 Å². The van der Waals surface area contributed by atoms with Gasteiger partial charge in [-0.3, -0.25) is 10.1 Å². The number of carbonyl (C=O) groups excluding carboxylic acids is 1. The van der Waals surface area contributed by atoms with Crippen LogP contribution in [0.5, 0.6) is 0 Å². The summed E-state index contributed by atoms with van der Waals surface area (Å²) in [5.41, 5.74) is 1.99. The first-order valence-corrected chi connectivity index (χ1v) is 7.58. The Bertz CT molecular complexity index is 816. The molecule has 2 N–H and O–H groups in total. The summed E-state index contributed by atoms with van der Waals surface area (Å²) < 4.78 is 0. The van der Waals surface area contributed by atoms with Gasteiger partial charge in [0.15, 0.2) is 0 Å². The van der Waals surface area contributed by atoms with Crippen molar-refractivity contribution < 1.29 is 4.79 Å². The van der Waals surface area contributed by atoms with Gasteiger partial charge >= 0.3 is 0 Å². The SMILES string of the molecule is O=C1NC(N2CCCC2)=NC1=Cc1c[nH]c2ncc(Cl)cc12. The summed E-state index contributed by atoms with van der Waals surface area (Å²) in [4.78, 5) is 25.9. The second kappa shape index (κ2) is 5.14. The molecule has 4 rings (SSSR count). The number of hydrogen-bond donors (Lipinski definition) is 2. The van der Waals surface area contributed by atoms with Crippen LogP contribution >= 0.6 is 11.6 Å². The third-order valence-electron chi connectivity index (χ3n) is 3.91. The first-order valence-electron chi connectivity index (χ1n) is 7.20. The fourth-order valence-corrected chi connectivity index (χ4v) is 2.96. The molecule has 0 spiro atoms. The third kappa shape index (κ3) is 2.25. The van der Waals surface area contributed by atoms with Gasteiger partial charge in [0.05, 0.1) is 5.02 Å². The maximum absolute atomic E-state index is 12.1. The number of aromatic nitrogens is 2. The van der Waals surface area contributed by atoms with Crippen LogP contribution in [-0.4, -0.2) is 39.8 Å². The van der Waals surface area contributed by atoms with Crippen LogP contribution in [0.4, 0.5) is 0 Å². The lowest BCUT2D eigenvalue weighted by Crippen LogP contribution is -2.38. The van der Waals surface area contributed by atoms with Crippen LogP contribution in [0.3, 0.4) is 0 Å². The number of rotatable bonds is 1. The average Bonchev–Trinajstić information content (AvgIpc) is 3.21. The molecule has 0 unspecified atom stereocenters. The summed E-state index contributed by atoms with van der Waals surface area (Å²) in [7, 11) is 0. The zero-order valence-electron chi connectivity index (χ0n) is 11.8. The number of halogens is 1. The molecule has 1 saturated heterocycles. The van der Waals surface area contributed by atoms with E-state index in [4.69, 9.17) is 11.6 Å². The van der Waals surface area contributed by atoms with Crippen LogP contribution in [0.15, 0.2) is 29.1 Å². The predicted molar refractivity (Wildman–Crippen MR) is 85.5 cm³/mol. The number of amides is 1. The fourth-order valence-electron chi connectivity index (χ4n) is 2.80. The van der Waals surface area contributed by atoms with Crippen LogP contribution in [0.1, 0.15) is 18.4 Å². The van der Waals surface area contributed by atoms with Crippen molar-refractivity contribution >= 4 is 40.6 Å². The molecule has 2 aliphatic heterocycles. The number of aromatic amines is 1. The molecule has 6 nitrogen and oxygen atoms in total. The molecule has 1 fully saturated rings. The summed E-state index contributed by atoms with van der Waals surface area (Å²) >= 11 is 5.99. The Labute approximate surface area is 131 Å². The second-order valence-corrected chi connectivity index (χ2v) is 5.84. The van der Waals surface area contributed by atoms with E-state index in [2.05, 4.69) is 25.2 Å². The maximum atomic E-state index is 12.1. The number of guanidine groups is 1. The highest BCUT2D eigenvalue weighted by Gasteiger charge is 2.26. The lowest BCUT2D eigenvalue weighted by atomic mass is 10.2. The monoisotopic (exact) mass is 315 g/mol. The first kappa shape index (κ1) is 13.3. The minimum Gasteiger partial charge on any atom is -0.346 e. The highest BCUT2D eigenvalue weighted by molar-refractivity contribution is 6.31. The van der Waals surface area contributed by atoms with Crippen molar-refractivity contribution in [2.75, 3.05) is 13.1 Å². The van der Waals surface area contributed by atoms with Crippen molar-refractivity contribution in [3.63, 3.8) is 0 Å². The van der Waals surface area contributed by atoms with Gasteiger partial charge in [0, 0.05) is 36.4 Å². The van der Waals surface area contributed by atoms with Crippen molar-refractivity contribution in [1.29, 1.82) is 0 Å². The molecule has 2 aliphatic rings. The largest absolute Gasteiger partial charge is 0.346 e. The summed E-state index contributed by atoms with van der Waals surface area (Å²) in [6, 6.07) is 1.82. The molecule has 22 heavy (non-hydrogen) atoms. The molecular weight excluding hydrogens is 302 g/mol. The molecule has 4 heterocycles. The maximum Gasteiger partial charge on any atom is 0.276 e. The van der Waals surface area contributed by atoms with Crippen molar-refractivity contribution in [3.8, 4) is 0 Å². The number of H-pyrrole nitrogens is 1. The van der Waals surface area contributed by atoms with Crippen molar-refractivity contribution in [2.24, 2.45) is 4.99 Å². The number of aliphatic imine (C=N–C) groups is 1. The van der Waals surface area contributed by atoms with Crippen LogP contribution in [0, 0.1) is 0 Å². The molecule has 0 radical (unpaired) electrons. The zero-order valence-corrected chi connectivity index (χ0v) is 12.5. The van der Waals surface area contributed by atoms with Gasteiger partial charge < -0.3 is 9.88 Å². The molecule has 1 amide bonds. The number of nitrogens with zero attached hydrogens (tertiary/aromatic N) is 3. The third-order valence-corrected chi connectivity index (χ3v) is 4.12. The van der Waals surface area contributed by atoms with E-state index in [0.717, 1.165) is 42.5 Å². The van der Waals surface area contributed by atoms with E-state index in [-0.39, 0.29) is 5.91 Å². The lowest BCUT2D eigenvalue weighted by molar-refractivity contribution is -0.115. The number of hydrogen-bond acceptors (Lipinski definition) is 4. The van der Waals surface area contributed by atoms with E-state index in [1.165, 1.54) is 0 Å². The molecule has 112 valence electrons. The van der Waals surface area contributed by atoms with E-state index in [0.29, 0.717) is 16.7 Å².